The van der Waals surface area contributed by atoms with Crippen LogP contribution in [0, 0.1) is 20.8 Å². The number of pyridine rings is 1. The van der Waals surface area contributed by atoms with Crippen molar-refractivity contribution in [3.63, 3.8) is 0 Å². The van der Waals surface area contributed by atoms with Crippen LogP contribution in [0.2, 0.25) is 0 Å². The number of piperazine rings is 1. The lowest BCUT2D eigenvalue weighted by Gasteiger charge is -2.33. The van der Waals surface area contributed by atoms with Crippen molar-refractivity contribution in [1.82, 2.24) is 25.1 Å². The molecule has 1 atom stereocenters. The predicted octanol–water partition coefficient (Wildman–Crippen LogP) is 5.00. The summed E-state index contributed by atoms with van der Waals surface area (Å²) in [7, 11) is 0. The van der Waals surface area contributed by atoms with E-state index < -0.39 is 0 Å². The van der Waals surface area contributed by atoms with Gasteiger partial charge in [-0.3, -0.25) is 9.59 Å². The zero-order chi connectivity index (χ0) is 29.1. The number of amides is 1. The molecule has 3 N–H and O–H groups in total. The van der Waals surface area contributed by atoms with E-state index in [9.17, 15) is 9.59 Å². The molecule has 1 fully saturated rings. The van der Waals surface area contributed by atoms with Gasteiger partial charge in [-0.1, -0.05) is 6.08 Å². The molecule has 4 rings (SSSR count). The molecular weight excluding hydrogens is 500 g/mol. The van der Waals surface area contributed by atoms with Crippen LogP contribution in [0.25, 0.3) is 16.5 Å². The van der Waals surface area contributed by atoms with Crippen molar-refractivity contribution in [3.05, 3.63) is 86.2 Å². The molecule has 212 valence electrons. The molecule has 0 aliphatic carbocycles. The molecule has 3 heterocycles. The fraction of sp³-hybridized carbons (Fsp3) is 0.406. The van der Waals surface area contributed by atoms with Crippen LogP contribution in [0.15, 0.2) is 52.2 Å². The number of carbonyl (C=O) groups excluding carboxylic acids is 1. The molecule has 0 bridgehead atoms. The number of fused-ring (bicyclic) bond motifs is 1. The highest BCUT2D eigenvalue weighted by Crippen LogP contribution is 2.31. The van der Waals surface area contributed by atoms with E-state index in [1.807, 2.05) is 52.0 Å². The van der Waals surface area contributed by atoms with Crippen molar-refractivity contribution in [2.24, 2.45) is 4.99 Å². The van der Waals surface area contributed by atoms with E-state index in [4.69, 9.17) is 0 Å². The largest absolute Gasteiger partial charge is 0.354 e. The van der Waals surface area contributed by atoms with Crippen LogP contribution in [0.4, 0.5) is 0 Å². The summed E-state index contributed by atoms with van der Waals surface area (Å²) < 4.78 is 2.21. The van der Waals surface area contributed by atoms with E-state index in [1.54, 1.807) is 0 Å². The second-order valence-electron chi connectivity index (χ2n) is 11.2. The molecular formula is C32H42N6O2. The fourth-order valence-corrected chi connectivity index (χ4v) is 5.48. The Balaban J connectivity index is 1.73. The first kappa shape index (κ1) is 29.1. The average Bonchev–Trinajstić information content (AvgIpc) is 3.24. The summed E-state index contributed by atoms with van der Waals surface area (Å²) in [6, 6.07) is 6.64. The SMILES string of the molecule is C=N/C(=C\C=C(/C)c1cc(C(=O)NCc2c(C)cc(C)[nH]c2=O)c2c(C)cn(C(C)C)c2c1)N1CCNC(C)C1. The Morgan fingerprint density at radius 1 is 1.20 bits per heavy atom. The number of hydrogen-bond donors (Lipinski definition) is 3. The summed E-state index contributed by atoms with van der Waals surface area (Å²) in [5, 5.41) is 7.39. The predicted molar refractivity (Wildman–Crippen MR) is 165 cm³/mol. The maximum Gasteiger partial charge on any atom is 0.253 e. The minimum absolute atomic E-state index is 0.158. The van der Waals surface area contributed by atoms with E-state index in [2.05, 4.69) is 69.8 Å². The van der Waals surface area contributed by atoms with Crippen LogP contribution >= 0.6 is 0 Å². The highest BCUT2D eigenvalue weighted by Gasteiger charge is 2.20. The fourth-order valence-electron chi connectivity index (χ4n) is 5.48. The number of aromatic nitrogens is 2. The number of hydrogen-bond acceptors (Lipinski definition) is 5. The molecule has 8 nitrogen and oxygen atoms in total. The number of benzene rings is 1. The van der Waals surface area contributed by atoms with Crippen LogP contribution in [0.1, 0.15) is 72.0 Å². The van der Waals surface area contributed by atoms with Crippen molar-refractivity contribution in [2.45, 2.75) is 67.1 Å². The summed E-state index contributed by atoms with van der Waals surface area (Å²) in [6.45, 7) is 20.9. The van der Waals surface area contributed by atoms with Crippen molar-refractivity contribution < 1.29 is 4.79 Å². The molecule has 1 amide bonds. The van der Waals surface area contributed by atoms with Gasteiger partial charge in [0, 0.05) is 72.2 Å². The van der Waals surface area contributed by atoms with Gasteiger partial charge in [0.15, 0.2) is 0 Å². The lowest BCUT2D eigenvalue weighted by Crippen LogP contribution is -2.48. The average molecular weight is 543 g/mol. The Bertz CT molecular complexity index is 1560. The normalized spacial score (nSPS) is 16.6. The third-order valence-electron chi connectivity index (χ3n) is 7.64. The second-order valence-corrected chi connectivity index (χ2v) is 11.2. The maximum absolute atomic E-state index is 13.7. The van der Waals surface area contributed by atoms with Gasteiger partial charge in [-0.05, 0) is 102 Å². The smallest absolute Gasteiger partial charge is 0.253 e. The van der Waals surface area contributed by atoms with Gasteiger partial charge in [0.25, 0.3) is 11.5 Å². The zero-order valence-corrected chi connectivity index (χ0v) is 24.8. The summed E-state index contributed by atoms with van der Waals surface area (Å²) in [5.74, 6) is 0.634. The van der Waals surface area contributed by atoms with Crippen molar-refractivity contribution in [2.75, 3.05) is 19.6 Å². The van der Waals surface area contributed by atoms with Crippen molar-refractivity contribution in [3.8, 4) is 0 Å². The molecule has 0 radical (unpaired) electrons. The van der Waals surface area contributed by atoms with Crippen LogP contribution in [-0.4, -0.2) is 52.8 Å². The Kier molecular flexibility index (Phi) is 8.79. The molecule has 1 aliphatic heterocycles. The number of carbonyl (C=O) groups is 1. The number of rotatable bonds is 8. The summed E-state index contributed by atoms with van der Waals surface area (Å²) in [5.41, 5.74) is 6.67. The second kappa shape index (κ2) is 12.1. The van der Waals surface area contributed by atoms with Crippen LogP contribution in [0.5, 0.6) is 0 Å². The molecule has 1 aromatic carbocycles. The van der Waals surface area contributed by atoms with E-state index in [0.717, 1.165) is 64.3 Å². The number of nitrogens with one attached hydrogen (secondary N) is 3. The van der Waals surface area contributed by atoms with E-state index in [1.165, 1.54) is 0 Å². The molecule has 2 aromatic heterocycles. The Hall–Kier alpha value is -3.91. The summed E-state index contributed by atoms with van der Waals surface area (Å²) in [6.07, 6.45) is 6.16. The summed E-state index contributed by atoms with van der Waals surface area (Å²) in [4.78, 5) is 35.6. The molecule has 8 heteroatoms. The Labute approximate surface area is 236 Å². The third-order valence-corrected chi connectivity index (χ3v) is 7.64. The monoisotopic (exact) mass is 542 g/mol. The minimum atomic E-state index is -0.206. The zero-order valence-electron chi connectivity index (χ0n) is 24.8. The van der Waals surface area contributed by atoms with E-state index in [0.29, 0.717) is 17.2 Å². The van der Waals surface area contributed by atoms with Gasteiger partial charge in [0.05, 0.1) is 0 Å². The lowest BCUT2D eigenvalue weighted by molar-refractivity contribution is 0.0952. The quantitative estimate of drug-likeness (QED) is 0.276. The maximum atomic E-state index is 13.7. The van der Waals surface area contributed by atoms with Gasteiger partial charge in [-0.15, -0.1) is 0 Å². The molecule has 0 spiro atoms. The third kappa shape index (κ3) is 6.12. The van der Waals surface area contributed by atoms with Gasteiger partial charge >= 0.3 is 0 Å². The summed E-state index contributed by atoms with van der Waals surface area (Å²) >= 11 is 0. The first-order valence-electron chi connectivity index (χ1n) is 14.0. The van der Waals surface area contributed by atoms with Crippen LogP contribution in [-0.2, 0) is 6.54 Å². The highest BCUT2D eigenvalue weighted by atomic mass is 16.1. The van der Waals surface area contributed by atoms with Crippen LogP contribution in [0.3, 0.4) is 0 Å². The molecule has 1 unspecified atom stereocenters. The van der Waals surface area contributed by atoms with Gasteiger partial charge < -0.3 is 25.1 Å². The van der Waals surface area contributed by atoms with Gasteiger partial charge in [-0.2, -0.15) is 0 Å². The van der Waals surface area contributed by atoms with Gasteiger partial charge in [0.2, 0.25) is 0 Å². The number of nitrogens with zero attached hydrogens (tertiary/aromatic N) is 3. The van der Waals surface area contributed by atoms with Gasteiger partial charge in [0.1, 0.15) is 5.82 Å². The number of aryl methyl sites for hydroxylation is 3. The number of H-pyrrole nitrogens is 1. The van der Waals surface area contributed by atoms with Gasteiger partial charge in [-0.25, -0.2) is 4.99 Å². The topological polar surface area (TPSA) is 94.5 Å². The molecule has 1 aliphatic rings. The first-order chi connectivity index (χ1) is 19.0. The standard InChI is InChI=1S/C32H42N6O2/c1-19(2)38-17-22(5)30-26(31(39)35-16-27-21(4)13-23(6)36-32(27)40)14-25(15-28(30)38)20(3)9-10-29(33-8)37-12-11-34-24(7)18-37/h9-10,13-15,17,19,24,34H,8,11-12,16,18H2,1-7H3,(H,35,39)(H,36,40)/b20-9+,29-10+. The van der Waals surface area contributed by atoms with E-state index in [-0.39, 0.29) is 24.1 Å². The number of allylic oxidation sites excluding steroid dienone is 3. The Morgan fingerprint density at radius 3 is 2.60 bits per heavy atom. The first-order valence-corrected chi connectivity index (χ1v) is 14.0. The molecule has 3 aromatic rings. The van der Waals surface area contributed by atoms with E-state index >= 15 is 0 Å². The van der Waals surface area contributed by atoms with Crippen molar-refractivity contribution >= 4 is 29.1 Å². The lowest BCUT2D eigenvalue weighted by atomic mass is 9.98. The molecule has 0 saturated carbocycles. The molecule has 40 heavy (non-hydrogen) atoms. The molecule has 1 saturated heterocycles. The van der Waals surface area contributed by atoms with Crippen LogP contribution < -0.4 is 16.2 Å². The minimum Gasteiger partial charge on any atom is -0.354 e. The van der Waals surface area contributed by atoms with Crippen molar-refractivity contribution in [1.29, 1.82) is 0 Å². The highest BCUT2D eigenvalue weighted by molar-refractivity contribution is 6.09. The Morgan fingerprint density at radius 2 is 1.95 bits per heavy atom. The number of aromatic amines is 1. The number of aliphatic imine (C=N–C) groups is 1.